The molecule has 1 unspecified atom stereocenters. The summed E-state index contributed by atoms with van der Waals surface area (Å²) in [5, 5.41) is 14.9. The molecule has 14 heteroatoms. The van der Waals surface area contributed by atoms with Gasteiger partial charge in [0.05, 0.1) is 49.8 Å². The molecule has 3 aromatic rings. The first kappa shape index (κ1) is 30.7. The van der Waals surface area contributed by atoms with Gasteiger partial charge in [0.15, 0.2) is 6.29 Å². The lowest BCUT2D eigenvalue weighted by Crippen LogP contribution is -2.32. The summed E-state index contributed by atoms with van der Waals surface area (Å²) in [4.78, 5) is 40.8. The molecule has 0 bridgehead atoms. The molecule has 0 aliphatic carbocycles. The lowest BCUT2D eigenvalue weighted by molar-refractivity contribution is -0.121. The first-order chi connectivity index (χ1) is 20.1. The van der Waals surface area contributed by atoms with Gasteiger partial charge in [-0.3, -0.25) is 9.59 Å². The molecule has 0 radical (unpaired) electrons. The van der Waals surface area contributed by atoms with Gasteiger partial charge in [-0.15, -0.1) is 0 Å². The van der Waals surface area contributed by atoms with Crippen LogP contribution in [0.1, 0.15) is 40.3 Å². The number of aryl methyl sites for hydroxylation is 1. The molecule has 3 heterocycles. The monoisotopic (exact) mass is 583 g/mol. The molecule has 0 fully saturated rings. The summed E-state index contributed by atoms with van der Waals surface area (Å²) in [7, 11) is 1.41. The van der Waals surface area contributed by atoms with Crippen molar-refractivity contribution in [2.75, 3.05) is 27.0 Å². The van der Waals surface area contributed by atoms with E-state index in [1.165, 1.54) is 22.8 Å². The Bertz CT molecular complexity index is 1610. The van der Waals surface area contributed by atoms with Crippen molar-refractivity contribution in [1.82, 2.24) is 19.9 Å². The van der Waals surface area contributed by atoms with E-state index < -0.39 is 17.5 Å². The molecule has 1 aliphatic rings. The molecule has 1 aromatic carbocycles. The fourth-order valence-corrected chi connectivity index (χ4v) is 4.88. The molecule has 0 saturated heterocycles. The molecule has 224 valence electrons. The van der Waals surface area contributed by atoms with Crippen LogP contribution in [0, 0.1) is 12.7 Å². The Hall–Kier alpha value is -4.21. The number of nitrogens with zero attached hydrogens (tertiary/aromatic N) is 3. The minimum atomic E-state index is -1.54. The Kier molecular flexibility index (Phi) is 9.65. The van der Waals surface area contributed by atoms with Crippen LogP contribution in [-0.2, 0) is 38.8 Å². The van der Waals surface area contributed by atoms with Crippen molar-refractivity contribution in [3.8, 4) is 11.4 Å². The standard InChI is InChI=1S/C28H34FN7O6/c1-15-5-17-19(10-35(32)9-16(31)3-4-42-14-33-26(39)8-30)20-11-36-24(27(20)34-23(17)7-22(15)29)6-18(25(38)12-37)21(13-41-2)28(36)40/h5-7,9,12,25,38H,3-4,8,10-11,13-14,30-32H2,1-2H3,(H,33,39)/b16-9-. The number of amides is 1. The molecule has 4 rings (SSSR count). The number of ether oxygens (including phenoxy) is 2. The maximum Gasteiger partial charge on any atom is 0.257 e. The van der Waals surface area contributed by atoms with Gasteiger partial charge < -0.3 is 45.7 Å². The summed E-state index contributed by atoms with van der Waals surface area (Å²) in [5.41, 5.74) is 14.6. The molecule has 1 atom stereocenters. The Morgan fingerprint density at radius 3 is 2.79 bits per heavy atom. The van der Waals surface area contributed by atoms with Gasteiger partial charge in [-0.05, 0) is 30.2 Å². The zero-order valence-electron chi connectivity index (χ0n) is 23.4. The number of aldehydes is 1. The van der Waals surface area contributed by atoms with Crippen LogP contribution in [0.25, 0.3) is 22.3 Å². The zero-order valence-corrected chi connectivity index (χ0v) is 23.4. The number of fused-ring (bicyclic) bond motifs is 4. The highest BCUT2D eigenvalue weighted by atomic mass is 19.1. The van der Waals surface area contributed by atoms with Crippen molar-refractivity contribution < 1.29 is 28.6 Å². The first-order valence-electron chi connectivity index (χ1n) is 13.1. The molecule has 2 aromatic heterocycles. The predicted octanol–water partition coefficient (Wildman–Crippen LogP) is 0.166. The van der Waals surface area contributed by atoms with Crippen molar-refractivity contribution in [3.05, 3.63) is 74.1 Å². The molecule has 8 N–H and O–H groups in total. The lowest BCUT2D eigenvalue weighted by atomic mass is 9.98. The number of aliphatic hydroxyl groups excluding tert-OH is 1. The highest BCUT2D eigenvalue weighted by molar-refractivity contribution is 5.88. The number of nitrogens with two attached hydrogens (primary N) is 3. The number of hydrogen-bond acceptors (Lipinski definition) is 11. The average Bonchev–Trinajstić information content (AvgIpc) is 3.33. The van der Waals surface area contributed by atoms with Gasteiger partial charge in [0.1, 0.15) is 18.7 Å². The van der Waals surface area contributed by atoms with Crippen molar-refractivity contribution >= 4 is 23.1 Å². The van der Waals surface area contributed by atoms with Crippen LogP contribution in [0.2, 0.25) is 0 Å². The molecule has 1 amide bonds. The molecule has 42 heavy (non-hydrogen) atoms. The van der Waals surface area contributed by atoms with E-state index >= 15 is 0 Å². The second kappa shape index (κ2) is 13.2. The predicted molar refractivity (Wildman–Crippen MR) is 152 cm³/mol. The summed E-state index contributed by atoms with van der Waals surface area (Å²) in [6, 6.07) is 4.55. The number of halogens is 1. The summed E-state index contributed by atoms with van der Waals surface area (Å²) in [5.74, 6) is 5.56. The normalized spacial score (nSPS) is 13.1. The fraction of sp³-hybridized carbons (Fsp3) is 0.357. The quantitative estimate of drug-likeness (QED) is 0.0472. The largest absolute Gasteiger partial charge is 0.401 e. The van der Waals surface area contributed by atoms with E-state index in [0.29, 0.717) is 57.4 Å². The van der Waals surface area contributed by atoms with Crippen molar-refractivity contribution in [3.63, 3.8) is 0 Å². The first-order valence-corrected chi connectivity index (χ1v) is 13.1. The number of carbonyl (C=O) groups is 2. The number of benzene rings is 1. The fourth-order valence-electron chi connectivity index (χ4n) is 4.88. The Labute approximate surface area is 240 Å². The Morgan fingerprint density at radius 1 is 1.33 bits per heavy atom. The van der Waals surface area contributed by atoms with E-state index in [4.69, 9.17) is 31.8 Å². The van der Waals surface area contributed by atoms with Gasteiger partial charge in [-0.25, -0.2) is 15.2 Å². The van der Waals surface area contributed by atoms with Crippen LogP contribution in [-0.4, -0.2) is 58.9 Å². The molecular formula is C28H34FN7O6. The summed E-state index contributed by atoms with van der Waals surface area (Å²) >= 11 is 0. The van der Waals surface area contributed by atoms with Crippen molar-refractivity contribution in [2.24, 2.45) is 17.3 Å². The van der Waals surface area contributed by atoms with E-state index in [0.717, 1.165) is 0 Å². The topological polar surface area (TPSA) is 201 Å². The highest BCUT2D eigenvalue weighted by Crippen LogP contribution is 2.37. The van der Waals surface area contributed by atoms with E-state index in [1.807, 2.05) is 0 Å². The van der Waals surface area contributed by atoms with Crippen molar-refractivity contribution in [2.45, 2.75) is 39.1 Å². The van der Waals surface area contributed by atoms with Gasteiger partial charge in [0, 0.05) is 53.6 Å². The summed E-state index contributed by atoms with van der Waals surface area (Å²) in [6.07, 6.45) is 0.672. The zero-order chi connectivity index (χ0) is 30.6. The molecular weight excluding hydrogens is 549 g/mol. The Balaban J connectivity index is 1.71. The minimum Gasteiger partial charge on any atom is -0.401 e. The van der Waals surface area contributed by atoms with E-state index in [2.05, 4.69) is 5.32 Å². The molecule has 0 saturated carbocycles. The number of aliphatic hydroxyl groups is 1. The SMILES string of the molecule is COCc1c(C(O)C=O)cc2n(c1=O)Cc1c-2nc2cc(F)c(C)cc2c1CN(N)/C=C(\N)CCOCNC(=O)CN. The highest BCUT2D eigenvalue weighted by Gasteiger charge is 2.30. The number of hydrazine groups is 1. The second-order valence-corrected chi connectivity index (χ2v) is 9.89. The maximum atomic E-state index is 14.6. The van der Waals surface area contributed by atoms with Gasteiger partial charge in [-0.1, -0.05) is 0 Å². The van der Waals surface area contributed by atoms with Crippen LogP contribution in [0.3, 0.4) is 0 Å². The third kappa shape index (κ3) is 6.32. The van der Waals surface area contributed by atoms with Gasteiger partial charge in [0.25, 0.3) is 5.56 Å². The van der Waals surface area contributed by atoms with E-state index in [9.17, 15) is 23.9 Å². The molecule has 0 spiro atoms. The molecule has 13 nitrogen and oxygen atoms in total. The third-order valence-electron chi connectivity index (χ3n) is 6.98. The Morgan fingerprint density at radius 2 is 2.10 bits per heavy atom. The van der Waals surface area contributed by atoms with E-state index in [-0.39, 0.29) is 56.6 Å². The number of methoxy groups -OCH3 is 1. The van der Waals surface area contributed by atoms with Crippen LogP contribution < -0.4 is 28.2 Å². The summed E-state index contributed by atoms with van der Waals surface area (Å²) in [6.45, 7) is 1.90. The van der Waals surface area contributed by atoms with Crippen LogP contribution in [0.5, 0.6) is 0 Å². The van der Waals surface area contributed by atoms with Gasteiger partial charge >= 0.3 is 0 Å². The second-order valence-electron chi connectivity index (χ2n) is 9.89. The average molecular weight is 584 g/mol. The third-order valence-corrected chi connectivity index (χ3v) is 6.98. The number of nitrogens with one attached hydrogen (secondary N) is 1. The molecule has 1 aliphatic heterocycles. The van der Waals surface area contributed by atoms with Crippen molar-refractivity contribution in [1.29, 1.82) is 0 Å². The smallest absolute Gasteiger partial charge is 0.257 e. The lowest BCUT2D eigenvalue weighted by Gasteiger charge is -2.19. The minimum absolute atomic E-state index is 0.00167. The van der Waals surface area contributed by atoms with Gasteiger partial charge in [0.2, 0.25) is 5.91 Å². The number of hydrogen-bond donors (Lipinski definition) is 5. The number of aromatic nitrogens is 2. The van der Waals surface area contributed by atoms with E-state index in [1.54, 1.807) is 25.3 Å². The maximum absolute atomic E-state index is 14.6. The number of carbonyl (C=O) groups excluding carboxylic acids is 2. The number of rotatable bonds is 13. The van der Waals surface area contributed by atoms with Gasteiger partial charge in [-0.2, -0.15) is 0 Å². The van der Waals surface area contributed by atoms with Crippen LogP contribution in [0.15, 0.2) is 34.9 Å². The van der Waals surface area contributed by atoms with Crippen LogP contribution >= 0.6 is 0 Å². The summed E-state index contributed by atoms with van der Waals surface area (Å²) < 4.78 is 26.6. The van der Waals surface area contributed by atoms with Crippen LogP contribution in [0.4, 0.5) is 4.39 Å². The number of pyridine rings is 2.